The molecule has 0 unspecified atom stereocenters. The topological polar surface area (TPSA) is 88.7 Å². The lowest BCUT2D eigenvalue weighted by molar-refractivity contribution is -0.138. The number of ether oxygens (including phenoxy) is 1. The van der Waals surface area contributed by atoms with Crippen molar-refractivity contribution in [3.05, 3.63) is 30.1 Å². The van der Waals surface area contributed by atoms with E-state index >= 15 is 0 Å². The molecule has 142 valence electrons. The van der Waals surface area contributed by atoms with E-state index in [2.05, 4.69) is 4.98 Å². The number of nitrogens with zero attached hydrogens (tertiary/aromatic N) is 2. The Kier molecular flexibility index (Phi) is 9.10. The molecule has 1 aliphatic heterocycles. The molecule has 3 atom stereocenters. The average Bonchev–Trinajstić information content (AvgIpc) is 2.93. The number of pyridine rings is 1. The van der Waals surface area contributed by atoms with Crippen LogP contribution in [0.2, 0.25) is 0 Å². The third-order valence-corrected chi connectivity index (χ3v) is 4.87. The second-order valence-corrected chi connectivity index (χ2v) is 6.56. The molecule has 2 aliphatic rings. The molecule has 2 heterocycles. The largest absolute Gasteiger partial charge is 0.391 e. The number of aromatic nitrogens is 1. The summed E-state index contributed by atoms with van der Waals surface area (Å²) in [5.41, 5.74) is 6.74. The number of amides is 1. The fourth-order valence-corrected chi connectivity index (χ4v) is 3.44. The van der Waals surface area contributed by atoms with Crippen LogP contribution in [0.1, 0.15) is 31.4 Å². The zero-order valence-corrected chi connectivity index (χ0v) is 15.8. The number of aliphatic hydroxyl groups is 1. The summed E-state index contributed by atoms with van der Waals surface area (Å²) in [5.74, 6) is 0.0196. The summed E-state index contributed by atoms with van der Waals surface area (Å²) in [6.45, 7) is 1.95. The van der Waals surface area contributed by atoms with Gasteiger partial charge >= 0.3 is 0 Å². The van der Waals surface area contributed by atoms with Gasteiger partial charge in [-0.05, 0) is 37.8 Å². The van der Waals surface area contributed by atoms with Crippen LogP contribution in [0, 0.1) is 5.92 Å². The van der Waals surface area contributed by atoms with Crippen molar-refractivity contribution in [3.63, 3.8) is 0 Å². The Labute approximate surface area is 160 Å². The molecule has 8 heteroatoms. The van der Waals surface area contributed by atoms with Crippen LogP contribution in [0.15, 0.2) is 24.4 Å². The normalized spacial score (nSPS) is 26.6. The Morgan fingerprint density at radius 2 is 2.00 bits per heavy atom. The highest BCUT2D eigenvalue weighted by molar-refractivity contribution is 5.85. The molecule has 3 N–H and O–H groups in total. The van der Waals surface area contributed by atoms with Crippen molar-refractivity contribution >= 4 is 30.7 Å². The lowest BCUT2D eigenvalue weighted by atomic mass is 10.0. The number of aliphatic hydroxyl groups excluding tert-OH is 1. The maximum Gasteiger partial charge on any atom is 0.225 e. The highest BCUT2D eigenvalue weighted by Gasteiger charge is 2.37. The molecule has 25 heavy (non-hydrogen) atoms. The minimum Gasteiger partial charge on any atom is -0.391 e. The first-order valence-corrected chi connectivity index (χ1v) is 8.37. The summed E-state index contributed by atoms with van der Waals surface area (Å²) in [6, 6.07) is 5.53. The van der Waals surface area contributed by atoms with Crippen LogP contribution in [-0.4, -0.2) is 52.2 Å². The van der Waals surface area contributed by atoms with E-state index < -0.39 is 6.10 Å². The zero-order chi connectivity index (χ0) is 16.2. The van der Waals surface area contributed by atoms with Crippen LogP contribution in [0.25, 0.3) is 0 Å². The van der Waals surface area contributed by atoms with E-state index in [9.17, 15) is 9.90 Å². The van der Waals surface area contributed by atoms with Crippen LogP contribution < -0.4 is 5.73 Å². The van der Waals surface area contributed by atoms with Crippen LogP contribution in [0.5, 0.6) is 0 Å². The van der Waals surface area contributed by atoms with Gasteiger partial charge in [-0.15, -0.1) is 24.8 Å². The number of carbonyl (C=O) groups is 1. The van der Waals surface area contributed by atoms with E-state index in [4.69, 9.17) is 10.5 Å². The lowest BCUT2D eigenvalue weighted by Gasteiger charge is -2.33. The minimum absolute atomic E-state index is 0. The minimum atomic E-state index is -0.539. The predicted octanol–water partition coefficient (Wildman–Crippen LogP) is 1.53. The van der Waals surface area contributed by atoms with Gasteiger partial charge in [0, 0.05) is 31.2 Å². The van der Waals surface area contributed by atoms with Gasteiger partial charge in [0.1, 0.15) is 0 Å². The summed E-state index contributed by atoms with van der Waals surface area (Å²) in [5, 5.41) is 9.71. The zero-order valence-electron chi connectivity index (χ0n) is 14.1. The molecule has 1 saturated heterocycles. The summed E-state index contributed by atoms with van der Waals surface area (Å²) in [4.78, 5) is 18.6. The standard InChI is InChI=1S/C17H25N3O3.2ClH/c18-15-9-12(10-16(15)21)17(22)20-7-4-14(5-8-20)23-11-13-3-1-2-6-19-13;;/h1-3,6,12,14-16,21H,4-5,7-11,18H2;2*1H/t12-,15+,16+;;/m0../s1. The Morgan fingerprint density at radius 1 is 1.28 bits per heavy atom. The van der Waals surface area contributed by atoms with Crippen LogP contribution in [0.3, 0.4) is 0 Å². The van der Waals surface area contributed by atoms with Crippen LogP contribution in [-0.2, 0) is 16.1 Å². The summed E-state index contributed by atoms with van der Waals surface area (Å²) < 4.78 is 5.90. The van der Waals surface area contributed by atoms with E-state index in [1.54, 1.807) is 6.20 Å². The highest BCUT2D eigenvalue weighted by atomic mass is 35.5. The number of halogens is 2. The van der Waals surface area contributed by atoms with Crippen molar-refractivity contribution in [2.45, 2.75) is 50.5 Å². The molecule has 2 fully saturated rings. The van der Waals surface area contributed by atoms with Gasteiger partial charge in [0.25, 0.3) is 0 Å². The fourth-order valence-electron chi connectivity index (χ4n) is 3.44. The van der Waals surface area contributed by atoms with Gasteiger partial charge in [-0.25, -0.2) is 0 Å². The van der Waals surface area contributed by atoms with Gasteiger partial charge < -0.3 is 20.5 Å². The van der Waals surface area contributed by atoms with Gasteiger partial charge in [0.05, 0.1) is 24.5 Å². The first-order chi connectivity index (χ1) is 11.1. The Hall–Kier alpha value is -0.920. The smallest absolute Gasteiger partial charge is 0.225 e. The summed E-state index contributed by atoms with van der Waals surface area (Å²) >= 11 is 0. The van der Waals surface area contributed by atoms with Crippen molar-refractivity contribution in [3.8, 4) is 0 Å². The monoisotopic (exact) mass is 391 g/mol. The third kappa shape index (κ3) is 5.79. The number of piperidine rings is 1. The predicted molar refractivity (Wildman–Crippen MR) is 99.8 cm³/mol. The van der Waals surface area contributed by atoms with Gasteiger partial charge in [-0.2, -0.15) is 0 Å². The second-order valence-electron chi connectivity index (χ2n) is 6.56. The average molecular weight is 392 g/mol. The highest BCUT2D eigenvalue weighted by Crippen LogP contribution is 2.28. The second kappa shape index (κ2) is 10.3. The Balaban J connectivity index is 0.00000156. The van der Waals surface area contributed by atoms with E-state index in [1.165, 1.54) is 0 Å². The number of hydrogen-bond acceptors (Lipinski definition) is 5. The number of likely N-dealkylation sites (tertiary alicyclic amines) is 1. The molecule has 1 aliphatic carbocycles. The third-order valence-electron chi connectivity index (χ3n) is 4.87. The lowest BCUT2D eigenvalue weighted by Crippen LogP contribution is -2.43. The van der Waals surface area contributed by atoms with Gasteiger partial charge in [0.2, 0.25) is 5.91 Å². The number of nitrogens with two attached hydrogens (primary N) is 1. The number of rotatable bonds is 4. The van der Waals surface area contributed by atoms with E-state index in [0.29, 0.717) is 32.5 Å². The van der Waals surface area contributed by atoms with Crippen molar-refractivity contribution in [2.75, 3.05) is 13.1 Å². The van der Waals surface area contributed by atoms with E-state index in [0.717, 1.165) is 18.5 Å². The Morgan fingerprint density at radius 3 is 2.56 bits per heavy atom. The molecular weight excluding hydrogens is 365 g/mol. The molecule has 0 aromatic carbocycles. The number of carbonyl (C=O) groups excluding carboxylic acids is 1. The molecule has 0 spiro atoms. The summed E-state index contributed by atoms with van der Waals surface area (Å²) in [6.07, 6.45) is 4.19. The maximum absolute atomic E-state index is 12.5. The maximum atomic E-state index is 12.5. The molecule has 1 aromatic heterocycles. The molecule has 1 aromatic rings. The number of hydrogen-bond donors (Lipinski definition) is 2. The SMILES string of the molecule is Cl.Cl.N[C@@H]1C[C@H](C(=O)N2CCC(OCc3ccccn3)CC2)C[C@H]1O. The van der Waals surface area contributed by atoms with Crippen molar-refractivity contribution < 1.29 is 14.6 Å². The van der Waals surface area contributed by atoms with Crippen LogP contribution >= 0.6 is 24.8 Å². The first kappa shape index (κ1) is 22.1. The summed E-state index contributed by atoms with van der Waals surface area (Å²) in [7, 11) is 0. The van der Waals surface area contributed by atoms with Gasteiger partial charge in [-0.3, -0.25) is 9.78 Å². The van der Waals surface area contributed by atoms with Crippen LogP contribution in [0.4, 0.5) is 0 Å². The fraction of sp³-hybridized carbons (Fsp3) is 0.647. The molecule has 1 amide bonds. The van der Waals surface area contributed by atoms with Crippen molar-refractivity contribution in [1.29, 1.82) is 0 Å². The molecule has 0 bridgehead atoms. The van der Waals surface area contributed by atoms with E-state index in [1.807, 2.05) is 23.1 Å². The van der Waals surface area contributed by atoms with Gasteiger partial charge in [0.15, 0.2) is 0 Å². The molecule has 0 radical (unpaired) electrons. The van der Waals surface area contributed by atoms with Gasteiger partial charge in [-0.1, -0.05) is 6.07 Å². The van der Waals surface area contributed by atoms with Crippen molar-refractivity contribution in [2.24, 2.45) is 11.7 Å². The quantitative estimate of drug-likeness (QED) is 0.812. The van der Waals surface area contributed by atoms with Crippen molar-refractivity contribution in [1.82, 2.24) is 9.88 Å². The Bertz CT molecular complexity index is 517. The first-order valence-electron chi connectivity index (χ1n) is 8.37. The molecule has 1 saturated carbocycles. The molecule has 6 nitrogen and oxygen atoms in total. The van der Waals surface area contributed by atoms with E-state index in [-0.39, 0.29) is 48.8 Å². The molecular formula is C17H27Cl2N3O3. The molecule has 3 rings (SSSR count).